The van der Waals surface area contributed by atoms with Crippen LogP contribution in [0.1, 0.15) is 24.2 Å². The first-order valence-electron chi connectivity index (χ1n) is 5.36. The second kappa shape index (κ2) is 6.39. The van der Waals surface area contributed by atoms with E-state index in [1.807, 2.05) is 0 Å². The van der Waals surface area contributed by atoms with Crippen LogP contribution in [0.2, 0.25) is 0 Å². The van der Waals surface area contributed by atoms with Crippen LogP contribution in [0.4, 0.5) is 0 Å². The van der Waals surface area contributed by atoms with Crippen LogP contribution in [-0.4, -0.2) is 29.2 Å². The first-order chi connectivity index (χ1) is 8.50. The van der Waals surface area contributed by atoms with Crippen LogP contribution in [0, 0.1) is 0 Å². The fourth-order valence-corrected chi connectivity index (χ4v) is 1.16. The van der Waals surface area contributed by atoms with Crippen LogP contribution in [-0.2, 0) is 4.79 Å². The number of benzene rings is 1. The summed E-state index contributed by atoms with van der Waals surface area (Å²) in [4.78, 5) is 22.3. The quantitative estimate of drug-likeness (QED) is 0.540. The summed E-state index contributed by atoms with van der Waals surface area (Å²) in [6.45, 7) is 3.32. The van der Waals surface area contributed by atoms with Gasteiger partial charge in [0, 0.05) is 6.92 Å². The Morgan fingerprint density at radius 1 is 1.28 bits per heavy atom. The summed E-state index contributed by atoms with van der Waals surface area (Å²) >= 11 is 0. The van der Waals surface area contributed by atoms with Crippen molar-refractivity contribution in [2.24, 2.45) is 5.10 Å². The van der Waals surface area contributed by atoms with Gasteiger partial charge in [0.2, 0.25) is 5.91 Å². The zero-order chi connectivity index (χ0) is 13.5. The second-order valence-electron chi connectivity index (χ2n) is 3.71. The summed E-state index contributed by atoms with van der Waals surface area (Å²) in [5.41, 5.74) is 3.00. The van der Waals surface area contributed by atoms with E-state index in [0.717, 1.165) is 0 Å². The second-order valence-corrected chi connectivity index (χ2v) is 3.71. The van der Waals surface area contributed by atoms with E-state index >= 15 is 0 Å². The van der Waals surface area contributed by atoms with E-state index in [2.05, 4.69) is 15.8 Å². The van der Waals surface area contributed by atoms with Crippen molar-refractivity contribution in [3.05, 3.63) is 29.8 Å². The lowest BCUT2D eigenvalue weighted by Crippen LogP contribution is -2.28. The number of phenols is 1. The van der Waals surface area contributed by atoms with Crippen molar-refractivity contribution in [3.63, 3.8) is 0 Å². The number of phenolic OH excluding ortho intramolecular Hbond substituents is 1. The Morgan fingerprint density at radius 3 is 2.56 bits per heavy atom. The number of hydrogen-bond donors (Lipinski definition) is 3. The molecular weight excluding hydrogens is 234 g/mol. The Bertz CT molecular complexity index is 483. The van der Waals surface area contributed by atoms with Gasteiger partial charge in [-0.05, 0) is 19.1 Å². The van der Waals surface area contributed by atoms with Gasteiger partial charge >= 0.3 is 0 Å². The summed E-state index contributed by atoms with van der Waals surface area (Å²) in [5, 5.41) is 15.8. The summed E-state index contributed by atoms with van der Waals surface area (Å²) in [6, 6.07) is 6.17. The Morgan fingerprint density at radius 2 is 1.94 bits per heavy atom. The minimum Gasteiger partial charge on any atom is -0.507 e. The van der Waals surface area contributed by atoms with Crippen LogP contribution in [0.5, 0.6) is 5.75 Å². The van der Waals surface area contributed by atoms with E-state index in [0.29, 0.717) is 5.71 Å². The maximum Gasteiger partial charge on any atom is 0.275 e. The topological polar surface area (TPSA) is 90.8 Å². The third kappa shape index (κ3) is 4.25. The van der Waals surface area contributed by atoms with Gasteiger partial charge in [-0.15, -0.1) is 0 Å². The minimum absolute atomic E-state index is 0.107. The van der Waals surface area contributed by atoms with Gasteiger partial charge in [0.1, 0.15) is 5.75 Å². The highest BCUT2D eigenvalue weighted by molar-refractivity contribution is 5.97. The van der Waals surface area contributed by atoms with E-state index in [-0.39, 0.29) is 23.8 Å². The summed E-state index contributed by atoms with van der Waals surface area (Å²) < 4.78 is 0. The average Bonchev–Trinajstić information content (AvgIpc) is 2.34. The lowest BCUT2D eigenvalue weighted by atomic mass is 10.2. The van der Waals surface area contributed by atoms with Crippen LogP contribution in [0.15, 0.2) is 29.4 Å². The van der Waals surface area contributed by atoms with Crippen molar-refractivity contribution in [2.45, 2.75) is 13.8 Å². The molecular formula is C12H15N3O3. The van der Waals surface area contributed by atoms with Gasteiger partial charge in [-0.3, -0.25) is 9.59 Å². The highest BCUT2D eigenvalue weighted by Gasteiger charge is 2.08. The molecule has 96 valence electrons. The zero-order valence-electron chi connectivity index (χ0n) is 10.2. The van der Waals surface area contributed by atoms with Gasteiger partial charge in [-0.25, -0.2) is 5.43 Å². The molecule has 0 saturated heterocycles. The average molecular weight is 249 g/mol. The number of carbonyl (C=O) groups is 2. The molecule has 0 bridgehead atoms. The molecule has 0 aliphatic carbocycles. The van der Waals surface area contributed by atoms with Crippen molar-refractivity contribution in [1.29, 1.82) is 0 Å². The molecule has 6 heteroatoms. The predicted molar refractivity (Wildman–Crippen MR) is 67.4 cm³/mol. The molecule has 6 nitrogen and oxygen atoms in total. The molecule has 1 rings (SSSR count). The normalized spacial score (nSPS) is 10.9. The first-order valence-corrected chi connectivity index (χ1v) is 5.36. The third-order valence-electron chi connectivity index (χ3n) is 2.09. The van der Waals surface area contributed by atoms with Gasteiger partial charge in [0.05, 0.1) is 17.8 Å². The van der Waals surface area contributed by atoms with E-state index in [4.69, 9.17) is 0 Å². The maximum absolute atomic E-state index is 11.6. The van der Waals surface area contributed by atoms with E-state index < -0.39 is 5.91 Å². The summed E-state index contributed by atoms with van der Waals surface area (Å²) in [7, 11) is 0. The first kappa shape index (κ1) is 13.7. The molecule has 0 aromatic heterocycles. The van der Waals surface area contributed by atoms with Crippen molar-refractivity contribution in [1.82, 2.24) is 10.7 Å². The van der Waals surface area contributed by atoms with Gasteiger partial charge in [0.15, 0.2) is 0 Å². The predicted octanol–water partition coefficient (Wildman–Crippen LogP) is 0.634. The van der Waals surface area contributed by atoms with Crippen molar-refractivity contribution >= 4 is 17.5 Å². The number of para-hydroxylation sites is 1. The molecule has 0 unspecified atom stereocenters. The fourth-order valence-electron chi connectivity index (χ4n) is 1.16. The SMILES string of the molecule is CC(=O)NC/C(C)=N/NC(=O)c1ccccc1O. The molecule has 1 aromatic carbocycles. The molecule has 0 radical (unpaired) electrons. The molecule has 0 atom stereocenters. The number of nitrogens with one attached hydrogen (secondary N) is 2. The Balaban J connectivity index is 2.58. The Kier molecular flexibility index (Phi) is 4.86. The molecule has 2 amide bonds. The monoisotopic (exact) mass is 249 g/mol. The molecule has 0 fully saturated rings. The maximum atomic E-state index is 11.6. The number of hydrogen-bond acceptors (Lipinski definition) is 4. The fraction of sp³-hybridized carbons (Fsp3) is 0.250. The van der Waals surface area contributed by atoms with Crippen molar-refractivity contribution in [3.8, 4) is 5.75 Å². The van der Waals surface area contributed by atoms with Crippen molar-refractivity contribution in [2.75, 3.05) is 6.54 Å². The van der Waals surface area contributed by atoms with Gasteiger partial charge in [-0.2, -0.15) is 5.10 Å². The number of aromatic hydroxyl groups is 1. The molecule has 0 heterocycles. The number of hydrazone groups is 1. The molecule has 18 heavy (non-hydrogen) atoms. The van der Waals surface area contributed by atoms with Crippen LogP contribution < -0.4 is 10.7 Å². The van der Waals surface area contributed by atoms with Gasteiger partial charge in [0.25, 0.3) is 5.91 Å². The smallest absolute Gasteiger partial charge is 0.275 e. The molecule has 3 N–H and O–H groups in total. The molecule has 0 spiro atoms. The van der Waals surface area contributed by atoms with E-state index in [1.165, 1.54) is 19.1 Å². The Labute approximate surface area is 105 Å². The lowest BCUT2D eigenvalue weighted by Gasteiger charge is -2.04. The largest absolute Gasteiger partial charge is 0.507 e. The van der Waals surface area contributed by atoms with E-state index in [9.17, 15) is 14.7 Å². The molecule has 1 aromatic rings. The summed E-state index contributed by atoms with van der Waals surface area (Å²) in [6.07, 6.45) is 0. The van der Waals surface area contributed by atoms with Gasteiger partial charge < -0.3 is 10.4 Å². The van der Waals surface area contributed by atoms with Crippen molar-refractivity contribution < 1.29 is 14.7 Å². The standard InChI is InChI=1S/C12H15N3O3/c1-8(7-13-9(2)16)14-15-12(18)10-5-3-4-6-11(10)17/h3-6,17H,7H2,1-2H3,(H,13,16)(H,15,18)/b14-8+. The number of nitrogens with zero attached hydrogens (tertiary/aromatic N) is 1. The summed E-state index contributed by atoms with van der Waals surface area (Å²) in [5.74, 6) is -0.781. The number of amides is 2. The highest BCUT2D eigenvalue weighted by Crippen LogP contribution is 2.14. The Hall–Kier alpha value is -2.37. The molecule has 0 saturated carbocycles. The third-order valence-corrected chi connectivity index (χ3v) is 2.09. The van der Waals surface area contributed by atoms with Crippen LogP contribution in [0.25, 0.3) is 0 Å². The van der Waals surface area contributed by atoms with E-state index in [1.54, 1.807) is 19.1 Å². The van der Waals surface area contributed by atoms with Crippen LogP contribution >= 0.6 is 0 Å². The molecule has 0 aliphatic rings. The van der Waals surface area contributed by atoms with Crippen LogP contribution in [0.3, 0.4) is 0 Å². The zero-order valence-corrected chi connectivity index (χ0v) is 10.2. The molecule has 0 aliphatic heterocycles. The number of carbonyl (C=O) groups excluding carboxylic acids is 2. The minimum atomic E-state index is -0.504. The number of rotatable bonds is 4. The highest BCUT2D eigenvalue weighted by atomic mass is 16.3. The van der Waals surface area contributed by atoms with Gasteiger partial charge in [-0.1, -0.05) is 12.1 Å². The lowest BCUT2D eigenvalue weighted by molar-refractivity contribution is -0.118.